The van der Waals surface area contributed by atoms with Crippen molar-refractivity contribution < 1.29 is 4.74 Å². The lowest BCUT2D eigenvalue weighted by Gasteiger charge is -2.30. The Morgan fingerprint density at radius 2 is 1.33 bits per heavy atom. The SMILES string of the molecule is C1=CCC2Oc3ccc(-c4cnc5cc(-c6nc(-c7ccccc7)nc(-c7ccccc7)n6)ccc5n4)c4cccc(c34)C2=C1. The van der Waals surface area contributed by atoms with Crippen molar-refractivity contribution in [3.8, 4) is 51.2 Å². The summed E-state index contributed by atoms with van der Waals surface area (Å²) in [6.45, 7) is 0. The Kier molecular flexibility index (Phi) is 5.84. The lowest BCUT2D eigenvalue weighted by atomic mass is 9.87. The van der Waals surface area contributed by atoms with E-state index in [9.17, 15) is 0 Å². The van der Waals surface area contributed by atoms with Crippen molar-refractivity contribution in [2.75, 3.05) is 0 Å². The maximum Gasteiger partial charge on any atom is 0.164 e. The Hall–Kier alpha value is -6.01. The van der Waals surface area contributed by atoms with Gasteiger partial charge in [0.25, 0.3) is 0 Å². The van der Waals surface area contributed by atoms with Gasteiger partial charge in [0, 0.05) is 39.6 Å². The van der Waals surface area contributed by atoms with Gasteiger partial charge in [0.15, 0.2) is 17.5 Å². The van der Waals surface area contributed by atoms with Crippen LogP contribution in [0.3, 0.4) is 0 Å². The first-order valence-electron chi connectivity index (χ1n) is 15.0. The van der Waals surface area contributed by atoms with Crippen molar-refractivity contribution >= 4 is 27.4 Å². The fourth-order valence-electron chi connectivity index (χ4n) is 6.29. The van der Waals surface area contributed by atoms with Crippen LogP contribution >= 0.6 is 0 Å². The Labute approximate surface area is 259 Å². The zero-order chi connectivity index (χ0) is 29.7. The van der Waals surface area contributed by atoms with Gasteiger partial charge in [0.1, 0.15) is 11.9 Å². The van der Waals surface area contributed by atoms with Gasteiger partial charge < -0.3 is 4.74 Å². The first kappa shape index (κ1) is 25.5. The fourth-order valence-corrected chi connectivity index (χ4v) is 6.29. The molecule has 3 heterocycles. The quantitative estimate of drug-likeness (QED) is 0.208. The number of hydrogen-bond donors (Lipinski definition) is 0. The van der Waals surface area contributed by atoms with E-state index in [0.717, 1.165) is 61.9 Å². The van der Waals surface area contributed by atoms with Gasteiger partial charge in [-0.05, 0) is 41.3 Å². The average Bonchev–Trinajstić information content (AvgIpc) is 3.12. The van der Waals surface area contributed by atoms with Crippen LogP contribution in [0.2, 0.25) is 0 Å². The van der Waals surface area contributed by atoms with E-state index in [2.05, 4.69) is 48.6 Å². The van der Waals surface area contributed by atoms with Gasteiger partial charge in [-0.1, -0.05) is 97.1 Å². The fraction of sp³-hybridized carbons (Fsp3) is 0.0513. The van der Waals surface area contributed by atoms with E-state index in [1.54, 1.807) is 0 Å². The van der Waals surface area contributed by atoms with Crippen molar-refractivity contribution in [1.29, 1.82) is 0 Å². The van der Waals surface area contributed by atoms with Crippen LogP contribution < -0.4 is 4.74 Å². The number of ether oxygens (including phenoxy) is 1. The number of aromatic nitrogens is 5. The average molecular weight is 580 g/mol. The van der Waals surface area contributed by atoms with Crippen molar-refractivity contribution in [1.82, 2.24) is 24.9 Å². The van der Waals surface area contributed by atoms with Crippen molar-refractivity contribution in [2.24, 2.45) is 0 Å². The van der Waals surface area contributed by atoms with Crippen LogP contribution in [0, 0.1) is 0 Å². The number of hydrogen-bond acceptors (Lipinski definition) is 6. The maximum absolute atomic E-state index is 6.43. The third-order valence-corrected chi connectivity index (χ3v) is 8.47. The molecule has 212 valence electrons. The summed E-state index contributed by atoms with van der Waals surface area (Å²) in [5.74, 6) is 2.75. The molecule has 1 unspecified atom stereocenters. The molecule has 0 N–H and O–H groups in total. The molecule has 5 aromatic carbocycles. The Morgan fingerprint density at radius 1 is 0.600 bits per heavy atom. The minimum Gasteiger partial charge on any atom is -0.485 e. The molecular formula is C39H25N5O. The van der Waals surface area contributed by atoms with Crippen molar-refractivity contribution in [3.05, 3.63) is 139 Å². The predicted octanol–water partition coefficient (Wildman–Crippen LogP) is 8.74. The van der Waals surface area contributed by atoms with Crippen LogP contribution in [-0.2, 0) is 0 Å². The van der Waals surface area contributed by atoms with Crippen LogP contribution in [0.5, 0.6) is 5.75 Å². The van der Waals surface area contributed by atoms with Crippen LogP contribution in [0.4, 0.5) is 0 Å². The summed E-state index contributed by atoms with van der Waals surface area (Å²) in [7, 11) is 0. The number of allylic oxidation sites excluding steroid dienone is 2. The molecule has 45 heavy (non-hydrogen) atoms. The van der Waals surface area contributed by atoms with Gasteiger partial charge in [-0.3, -0.25) is 4.98 Å². The van der Waals surface area contributed by atoms with E-state index in [1.165, 1.54) is 11.1 Å². The summed E-state index contributed by atoms with van der Waals surface area (Å²) in [6, 6.07) is 36.6. The molecule has 1 aliphatic heterocycles. The van der Waals surface area contributed by atoms with Gasteiger partial charge in [-0.15, -0.1) is 0 Å². The largest absolute Gasteiger partial charge is 0.485 e. The lowest BCUT2D eigenvalue weighted by Crippen LogP contribution is -2.23. The third kappa shape index (κ3) is 4.38. The Balaban J connectivity index is 1.14. The number of rotatable bonds is 4. The summed E-state index contributed by atoms with van der Waals surface area (Å²) in [6.07, 6.45) is 9.24. The maximum atomic E-state index is 6.43. The second kappa shape index (κ2) is 10.3. The molecule has 6 nitrogen and oxygen atoms in total. The summed E-state index contributed by atoms with van der Waals surface area (Å²) in [5.41, 5.74) is 8.59. The highest BCUT2D eigenvalue weighted by atomic mass is 16.5. The second-order valence-corrected chi connectivity index (χ2v) is 11.2. The first-order chi connectivity index (χ1) is 22.3. The van der Waals surface area contributed by atoms with Crippen molar-refractivity contribution in [2.45, 2.75) is 12.5 Å². The van der Waals surface area contributed by atoms with Crippen molar-refractivity contribution in [3.63, 3.8) is 0 Å². The van der Waals surface area contributed by atoms with E-state index < -0.39 is 0 Å². The molecule has 0 bridgehead atoms. The standard InChI is InChI=1S/C39H25N5O/c1-3-10-24(11-4-1)37-42-38(25-12-5-2-6-13-25)44-39(43-37)26-18-20-31-32(22-26)40-23-33(41-31)27-19-21-35-36-29(27)15-9-16-30(36)28-14-7-8-17-34(28)45-35/h1-16,18-23,34H,17H2. The predicted molar refractivity (Wildman–Crippen MR) is 178 cm³/mol. The van der Waals surface area contributed by atoms with Gasteiger partial charge in [0.2, 0.25) is 0 Å². The third-order valence-electron chi connectivity index (χ3n) is 8.47. The molecule has 6 heteroatoms. The summed E-state index contributed by atoms with van der Waals surface area (Å²) < 4.78 is 6.43. The Morgan fingerprint density at radius 3 is 2.09 bits per heavy atom. The van der Waals surface area contributed by atoms with E-state index >= 15 is 0 Å². The van der Waals surface area contributed by atoms with Crippen LogP contribution in [0.1, 0.15) is 12.0 Å². The van der Waals surface area contributed by atoms with Crippen LogP contribution in [-0.4, -0.2) is 31.0 Å². The minimum absolute atomic E-state index is 0.0607. The summed E-state index contributed by atoms with van der Waals surface area (Å²) in [5, 5.41) is 2.24. The molecular weight excluding hydrogens is 554 g/mol. The Bertz CT molecular complexity index is 2270. The van der Waals surface area contributed by atoms with Gasteiger partial charge in [0.05, 0.1) is 22.9 Å². The monoisotopic (exact) mass is 579 g/mol. The molecule has 0 amide bonds. The topological polar surface area (TPSA) is 73.7 Å². The van der Waals surface area contributed by atoms with E-state index in [-0.39, 0.29) is 6.10 Å². The number of nitrogens with zero attached hydrogens (tertiary/aromatic N) is 5. The minimum atomic E-state index is 0.0607. The second-order valence-electron chi connectivity index (χ2n) is 11.2. The molecule has 9 rings (SSSR count). The van der Waals surface area contributed by atoms with Gasteiger partial charge in [-0.25, -0.2) is 19.9 Å². The van der Waals surface area contributed by atoms with E-state index in [1.807, 2.05) is 85.1 Å². The molecule has 0 fully saturated rings. The highest BCUT2D eigenvalue weighted by molar-refractivity contribution is 6.07. The zero-order valence-electron chi connectivity index (χ0n) is 24.1. The molecule has 1 atom stereocenters. The molecule has 0 spiro atoms. The van der Waals surface area contributed by atoms with Gasteiger partial charge >= 0.3 is 0 Å². The lowest BCUT2D eigenvalue weighted by molar-refractivity contribution is 0.260. The summed E-state index contributed by atoms with van der Waals surface area (Å²) in [4.78, 5) is 24.5. The molecule has 7 aromatic rings. The first-order valence-corrected chi connectivity index (χ1v) is 15.0. The molecule has 0 saturated carbocycles. The highest BCUT2D eigenvalue weighted by Crippen LogP contribution is 2.45. The van der Waals surface area contributed by atoms with Crippen LogP contribution in [0.15, 0.2) is 134 Å². The zero-order valence-corrected chi connectivity index (χ0v) is 24.1. The van der Waals surface area contributed by atoms with Crippen LogP contribution in [0.25, 0.3) is 72.8 Å². The normalized spacial score (nSPS) is 15.0. The van der Waals surface area contributed by atoms with E-state index in [0.29, 0.717) is 17.5 Å². The number of benzene rings is 5. The van der Waals surface area contributed by atoms with Gasteiger partial charge in [-0.2, -0.15) is 0 Å². The smallest absolute Gasteiger partial charge is 0.164 e. The molecule has 2 aliphatic rings. The molecule has 2 aromatic heterocycles. The molecule has 0 radical (unpaired) electrons. The molecule has 1 aliphatic carbocycles. The molecule has 0 saturated heterocycles. The van der Waals surface area contributed by atoms with E-state index in [4.69, 9.17) is 29.7 Å². The summed E-state index contributed by atoms with van der Waals surface area (Å²) >= 11 is 0. The number of fused-ring (bicyclic) bond motifs is 3. The highest BCUT2D eigenvalue weighted by Gasteiger charge is 2.28.